The molecular weight excluding hydrogens is 410 g/mol. The molecule has 33 heavy (non-hydrogen) atoms. The van der Waals surface area contributed by atoms with Crippen LogP contribution in [0.3, 0.4) is 0 Å². The Labute approximate surface area is 203 Å². The number of esters is 1. The first kappa shape index (κ1) is 25.5. The topological polar surface area (TPSA) is 49.8 Å². The highest BCUT2D eigenvalue weighted by atomic mass is 16.6. The zero-order valence-electron chi connectivity index (χ0n) is 22.5. The van der Waals surface area contributed by atoms with Crippen molar-refractivity contribution < 1.29 is 14.6 Å². The third-order valence-corrected chi connectivity index (χ3v) is 11.0. The Kier molecular flexibility index (Phi) is 7.04. The second kappa shape index (κ2) is 9.12. The minimum absolute atomic E-state index is 0.0575. The fourth-order valence-corrected chi connectivity index (χ4v) is 9.20. The summed E-state index contributed by atoms with van der Waals surface area (Å²) in [5, 5.41) is 11.5. The van der Waals surface area contributed by atoms with Crippen LogP contribution in [0, 0.1) is 46.3 Å². The van der Waals surface area contributed by atoms with Crippen LogP contribution < -0.4 is 0 Å². The van der Waals surface area contributed by atoms with Crippen LogP contribution in [-0.4, -0.2) is 47.3 Å². The van der Waals surface area contributed by atoms with Gasteiger partial charge in [-0.2, -0.15) is 0 Å². The molecule has 4 nitrogen and oxygen atoms in total. The number of likely N-dealkylation sites (tertiary alicyclic amines) is 1. The number of piperidine rings is 1. The van der Waals surface area contributed by atoms with Gasteiger partial charge in [-0.05, 0) is 125 Å². The number of hydrogen-bond acceptors (Lipinski definition) is 4. The van der Waals surface area contributed by atoms with E-state index in [0.29, 0.717) is 52.8 Å². The maximum Gasteiger partial charge on any atom is 0.306 e. The van der Waals surface area contributed by atoms with E-state index in [1.165, 1.54) is 45.2 Å². The zero-order chi connectivity index (χ0) is 24.2. The van der Waals surface area contributed by atoms with Crippen molar-refractivity contribution in [1.82, 2.24) is 4.90 Å². The number of rotatable bonds is 5. The van der Waals surface area contributed by atoms with Gasteiger partial charge in [0, 0.05) is 13.0 Å². The van der Waals surface area contributed by atoms with E-state index in [9.17, 15) is 9.90 Å². The molecule has 9 atom stereocenters. The molecule has 0 spiro atoms. The first-order chi connectivity index (χ1) is 15.4. The molecule has 0 aromatic carbocycles. The summed E-state index contributed by atoms with van der Waals surface area (Å²) in [5.74, 6) is 3.57. The Morgan fingerprint density at radius 1 is 1.12 bits per heavy atom. The molecule has 3 saturated carbocycles. The summed E-state index contributed by atoms with van der Waals surface area (Å²) in [6.45, 7) is 19.1. The number of carbonyl (C=O) groups excluding carboxylic acids is 1. The summed E-state index contributed by atoms with van der Waals surface area (Å²) in [7, 11) is 0. The third kappa shape index (κ3) is 4.65. The second-order valence-corrected chi connectivity index (χ2v) is 13.8. The molecule has 4 fully saturated rings. The molecule has 4 aliphatic rings. The van der Waals surface area contributed by atoms with E-state index in [4.69, 9.17) is 4.74 Å². The lowest BCUT2D eigenvalue weighted by atomic mass is 9.44. The van der Waals surface area contributed by atoms with Gasteiger partial charge in [0.05, 0.1) is 6.10 Å². The highest BCUT2D eigenvalue weighted by Gasteiger charge is 2.62. The van der Waals surface area contributed by atoms with Gasteiger partial charge in [-0.15, -0.1) is 0 Å². The van der Waals surface area contributed by atoms with Crippen LogP contribution in [0.1, 0.15) is 99.8 Å². The van der Waals surface area contributed by atoms with Crippen LogP contribution in [0.5, 0.6) is 0 Å². The van der Waals surface area contributed by atoms with Gasteiger partial charge in [0.25, 0.3) is 0 Å². The highest BCUT2D eigenvalue weighted by molar-refractivity contribution is 5.69. The summed E-state index contributed by atoms with van der Waals surface area (Å²) in [4.78, 5) is 14.9. The van der Waals surface area contributed by atoms with Crippen LogP contribution in [-0.2, 0) is 9.53 Å². The molecule has 0 bridgehead atoms. The summed E-state index contributed by atoms with van der Waals surface area (Å²) in [6.07, 6.45) is 8.72. The number of carbonyl (C=O) groups is 1. The lowest BCUT2D eigenvalue weighted by Crippen LogP contribution is -2.61. The van der Waals surface area contributed by atoms with Gasteiger partial charge >= 0.3 is 5.97 Å². The first-order valence-corrected chi connectivity index (χ1v) is 14.0. The fourth-order valence-electron chi connectivity index (χ4n) is 9.20. The minimum Gasteiger partial charge on any atom is -0.460 e. The Bertz CT molecular complexity index is 716. The fraction of sp³-hybridized carbons (Fsp3) is 0.966. The normalized spacial score (nSPS) is 44.5. The van der Waals surface area contributed by atoms with Crippen molar-refractivity contribution in [3.63, 3.8) is 0 Å². The SMILES string of the molecule is CCN1CC[C@@]2(C)[C@H](C[C@H](O)[C@@H]3[C@@H]2CC[C@]2(C)[C@@H]([C@H](C)CCC(=O)OC(C)(C)C)CC[C@@H]32)C1. The molecule has 0 amide bonds. The molecule has 1 N–H and O–H groups in total. The van der Waals surface area contributed by atoms with Gasteiger partial charge in [-0.3, -0.25) is 4.79 Å². The van der Waals surface area contributed by atoms with Gasteiger partial charge in [-0.25, -0.2) is 0 Å². The number of aliphatic hydroxyl groups is 1. The lowest BCUT2D eigenvalue weighted by molar-refractivity contribution is -0.171. The number of nitrogens with zero attached hydrogens (tertiary/aromatic N) is 1. The van der Waals surface area contributed by atoms with Crippen LogP contribution in [0.2, 0.25) is 0 Å². The van der Waals surface area contributed by atoms with E-state index in [1.54, 1.807) is 0 Å². The third-order valence-electron chi connectivity index (χ3n) is 11.0. The number of ether oxygens (including phenoxy) is 1. The smallest absolute Gasteiger partial charge is 0.306 e. The number of aliphatic hydroxyl groups excluding tert-OH is 1. The molecule has 0 aromatic rings. The molecule has 4 heteroatoms. The van der Waals surface area contributed by atoms with E-state index >= 15 is 0 Å². The Balaban J connectivity index is 1.45. The second-order valence-electron chi connectivity index (χ2n) is 13.8. The van der Waals surface area contributed by atoms with Crippen molar-refractivity contribution in [2.45, 2.75) is 112 Å². The zero-order valence-corrected chi connectivity index (χ0v) is 22.5. The Morgan fingerprint density at radius 3 is 2.48 bits per heavy atom. The van der Waals surface area contributed by atoms with E-state index in [2.05, 4.69) is 32.6 Å². The van der Waals surface area contributed by atoms with Gasteiger partial charge in [0.2, 0.25) is 0 Å². The van der Waals surface area contributed by atoms with Gasteiger partial charge in [0.15, 0.2) is 0 Å². The predicted molar refractivity (Wildman–Crippen MR) is 134 cm³/mol. The van der Waals surface area contributed by atoms with Crippen LogP contribution in [0.15, 0.2) is 0 Å². The molecular formula is C29H51NO3. The molecule has 1 aliphatic heterocycles. The molecule has 1 heterocycles. The van der Waals surface area contributed by atoms with E-state index < -0.39 is 5.60 Å². The monoisotopic (exact) mass is 461 g/mol. The summed E-state index contributed by atoms with van der Waals surface area (Å²) >= 11 is 0. The molecule has 0 unspecified atom stereocenters. The molecule has 3 aliphatic carbocycles. The van der Waals surface area contributed by atoms with Gasteiger partial charge in [0.1, 0.15) is 5.60 Å². The molecule has 4 rings (SSSR count). The average molecular weight is 462 g/mol. The summed E-state index contributed by atoms with van der Waals surface area (Å²) in [6, 6.07) is 0. The molecule has 1 saturated heterocycles. The van der Waals surface area contributed by atoms with E-state index in [1.807, 2.05) is 20.8 Å². The van der Waals surface area contributed by atoms with Crippen LogP contribution in [0.25, 0.3) is 0 Å². The first-order valence-electron chi connectivity index (χ1n) is 14.0. The molecule has 0 aromatic heterocycles. The van der Waals surface area contributed by atoms with Crippen molar-refractivity contribution in [2.75, 3.05) is 19.6 Å². The van der Waals surface area contributed by atoms with Crippen molar-refractivity contribution >= 4 is 5.97 Å². The quantitative estimate of drug-likeness (QED) is 0.517. The van der Waals surface area contributed by atoms with Crippen LogP contribution in [0.4, 0.5) is 0 Å². The van der Waals surface area contributed by atoms with Crippen molar-refractivity contribution in [3.8, 4) is 0 Å². The van der Waals surface area contributed by atoms with Crippen molar-refractivity contribution in [2.24, 2.45) is 46.3 Å². The molecule has 190 valence electrons. The van der Waals surface area contributed by atoms with Gasteiger partial charge in [-0.1, -0.05) is 27.7 Å². The van der Waals surface area contributed by atoms with Crippen molar-refractivity contribution in [3.05, 3.63) is 0 Å². The van der Waals surface area contributed by atoms with Crippen molar-refractivity contribution in [1.29, 1.82) is 0 Å². The Morgan fingerprint density at radius 2 is 1.82 bits per heavy atom. The molecule has 0 radical (unpaired) electrons. The highest BCUT2D eigenvalue weighted by Crippen LogP contribution is 2.67. The van der Waals surface area contributed by atoms with Gasteiger partial charge < -0.3 is 14.7 Å². The lowest BCUT2D eigenvalue weighted by Gasteiger charge is -2.63. The summed E-state index contributed by atoms with van der Waals surface area (Å²) in [5.41, 5.74) is 0.307. The number of hydrogen-bond donors (Lipinski definition) is 1. The maximum absolute atomic E-state index is 12.3. The summed E-state index contributed by atoms with van der Waals surface area (Å²) < 4.78 is 5.57. The maximum atomic E-state index is 12.3. The minimum atomic E-state index is -0.401. The standard InChI is InChI=1S/C29H51NO3/c1-8-30-16-15-28(6)20(18-30)17-24(31)26-22-11-10-21(29(22,7)14-13-23(26)28)19(2)9-12-25(32)33-27(3,4)5/h19-24,26,31H,8-18H2,1-7H3/t19-,20-,21-,22+,23+,24+,26+,28+,29-/m1/s1. The largest absolute Gasteiger partial charge is 0.460 e. The number of fused-ring (bicyclic) bond motifs is 5. The van der Waals surface area contributed by atoms with E-state index in [-0.39, 0.29) is 12.1 Å². The van der Waals surface area contributed by atoms with Crippen LogP contribution >= 0.6 is 0 Å². The average Bonchev–Trinajstić information content (AvgIpc) is 3.08. The van der Waals surface area contributed by atoms with E-state index in [0.717, 1.165) is 19.4 Å². The predicted octanol–water partition coefficient (Wildman–Crippen LogP) is 5.92. The Hall–Kier alpha value is -0.610.